The maximum Gasteiger partial charge on any atom is 0.194 e. The molecule has 0 saturated carbocycles. The number of nitrogens with one attached hydrogen (secondary N) is 3. The molecule has 2 aromatic carbocycles. The van der Waals surface area contributed by atoms with Crippen molar-refractivity contribution in [2.24, 2.45) is 7.05 Å². The summed E-state index contributed by atoms with van der Waals surface area (Å²) in [6.07, 6.45) is 29.9. The standard InChI is InChI=1S/2C8H10FN.C8H13N.3C7H11NO.C6H9N3.2C6H9NO/c1-10-6-7-2-4-8(9)5-3-7;1-10-6-7-4-2-3-5-8(7)9;1-3-5-8-6-4-7-9(8)2;1-3-4-7-5-8-6(2)9-7;1-3-4-7-8-6(2)5-9-7;1-3-4-7-8-5-6(2)9-7;1-7-4-6-2-3-8-5-9-6;1-2-3-6-4-7-5-8-6;1-2-3-6-7-4-5-8-6/h2*2-5,10H,6H2,1H3;4,6-7H,3,5H2,1-2H3;3*5H,3-4H2,1-2H3;2-3,5,7H,4H2,1H3;2*4-5H,2-3H2,1H3. The summed E-state index contributed by atoms with van der Waals surface area (Å²) >= 11 is 0. The Kier molecular flexibility index (Phi) is 41.9. The molecule has 0 bridgehead atoms. The van der Waals surface area contributed by atoms with Gasteiger partial charge in [-0.15, -0.1) is 0 Å². The Balaban J connectivity index is 0.000000456. The summed E-state index contributed by atoms with van der Waals surface area (Å²) in [6.45, 7) is 20.7. The van der Waals surface area contributed by atoms with Gasteiger partial charge < -0.3 is 42.6 Å². The Morgan fingerprint density at radius 1 is 0.543 bits per heavy atom. The molecule has 0 fully saturated rings. The number of oxazole rings is 5. The lowest BCUT2D eigenvalue weighted by Gasteiger charge is -1.99. The molecule has 0 amide bonds. The minimum absolute atomic E-state index is 0.142. The van der Waals surface area contributed by atoms with Gasteiger partial charge in [0.1, 0.15) is 47.8 Å². The number of halogens is 2. The van der Waals surface area contributed by atoms with Gasteiger partial charge in [-0.05, 0) is 115 Å². The second-order valence-corrected chi connectivity index (χ2v) is 18.1. The Morgan fingerprint density at radius 3 is 1.69 bits per heavy atom. The number of benzene rings is 2. The first-order chi connectivity index (χ1) is 39.3. The number of hydrogen-bond donors (Lipinski definition) is 3. The Morgan fingerprint density at radius 2 is 1.20 bits per heavy atom. The fourth-order valence-electron chi connectivity index (χ4n) is 6.69. The van der Waals surface area contributed by atoms with Gasteiger partial charge in [0.25, 0.3) is 0 Å². The predicted octanol–water partition coefficient (Wildman–Crippen LogP) is 14.3. The molecule has 7 heterocycles. The first kappa shape index (κ1) is 71.6. The van der Waals surface area contributed by atoms with Crippen LogP contribution in [0, 0.1) is 32.4 Å². The van der Waals surface area contributed by atoms with E-state index in [2.05, 4.69) is 122 Å². The maximum absolute atomic E-state index is 12.7. The monoisotopic (exact) mass is 1120 g/mol. The Hall–Kier alpha value is -7.41. The SMILES string of the molecule is CCCc1cccn1C.CCCc1cnc(C)o1.CCCc1cnco1.CCCc1nc(C)co1.CCCc1ncc(C)o1.CCCc1ncco1.CNCc1ccc(F)cc1.CNCc1ccccc1F.CNCc1ccncn1. The Labute approximate surface area is 481 Å². The van der Waals surface area contributed by atoms with Crippen molar-refractivity contribution in [2.75, 3.05) is 21.1 Å². The van der Waals surface area contributed by atoms with Crippen LogP contribution in [0.15, 0.2) is 151 Å². The number of aromatic nitrogens is 8. The highest BCUT2D eigenvalue weighted by atomic mass is 19.1. The van der Waals surface area contributed by atoms with E-state index in [1.54, 1.807) is 81.2 Å². The summed E-state index contributed by atoms with van der Waals surface area (Å²) in [7, 11) is 7.64. The molecule has 9 aromatic rings. The van der Waals surface area contributed by atoms with Crippen LogP contribution in [0.25, 0.3) is 0 Å². The van der Waals surface area contributed by atoms with E-state index in [-0.39, 0.29) is 11.6 Å². The molecule has 0 aliphatic heterocycles. The molecule has 81 heavy (non-hydrogen) atoms. The lowest BCUT2D eigenvalue weighted by Crippen LogP contribution is -2.06. The number of nitrogens with zero attached hydrogens (tertiary/aromatic N) is 8. The van der Waals surface area contributed by atoms with Crippen molar-refractivity contribution in [3.63, 3.8) is 0 Å². The second kappa shape index (κ2) is 47.4. The largest absolute Gasteiger partial charge is 0.449 e. The Bertz CT molecular complexity index is 2620. The summed E-state index contributed by atoms with van der Waals surface area (Å²) in [4.78, 5) is 27.6. The molecule has 16 nitrogen and oxygen atoms in total. The lowest BCUT2D eigenvalue weighted by atomic mass is 10.2. The quantitative estimate of drug-likeness (QED) is 0.0733. The van der Waals surface area contributed by atoms with Crippen LogP contribution in [0.3, 0.4) is 0 Å². The summed E-state index contributed by atoms with van der Waals surface area (Å²) < 4.78 is 52.7. The van der Waals surface area contributed by atoms with Gasteiger partial charge in [-0.3, -0.25) is 0 Å². The van der Waals surface area contributed by atoms with Crippen LogP contribution in [0.4, 0.5) is 8.78 Å². The van der Waals surface area contributed by atoms with Crippen LogP contribution >= 0.6 is 0 Å². The minimum atomic E-state index is -0.181. The molecule has 0 aliphatic rings. The molecular formula is C63H93F2N11O5. The van der Waals surface area contributed by atoms with E-state index in [1.807, 2.05) is 47.0 Å². The normalized spacial score (nSPS) is 9.81. The summed E-state index contributed by atoms with van der Waals surface area (Å²) in [5.41, 5.74) is 5.23. The third-order valence-corrected chi connectivity index (χ3v) is 10.5. The molecular weight excluding hydrogens is 1030 g/mol. The topological polar surface area (TPSA) is 197 Å². The summed E-state index contributed by atoms with van der Waals surface area (Å²) in [5.74, 6) is 5.87. The van der Waals surface area contributed by atoms with Gasteiger partial charge in [0.05, 0.1) is 36.2 Å². The minimum Gasteiger partial charge on any atom is -0.449 e. The highest BCUT2D eigenvalue weighted by Gasteiger charge is 2.00. The number of hydrogen-bond acceptors (Lipinski definition) is 15. The molecule has 0 spiro atoms. The third-order valence-electron chi connectivity index (χ3n) is 10.5. The average Bonchev–Trinajstić information content (AvgIpc) is 4.36. The van der Waals surface area contributed by atoms with Gasteiger partial charge in [0, 0.05) is 89.4 Å². The van der Waals surface area contributed by atoms with Crippen molar-refractivity contribution >= 4 is 0 Å². The average molecular weight is 1120 g/mol. The predicted molar refractivity (Wildman–Crippen MR) is 319 cm³/mol. The van der Waals surface area contributed by atoms with Crippen molar-refractivity contribution in [3.8, 4) is 0 Å². The van der Waals surface area contributed by atoms with Crippen molar-refractivity contribution in [3.05, 3.63) is 210 Å². The molecule has 0 atom stereocenters. The molecule has 7 aromatic heterocycles. The van der Waals surface area contributed by atoms with E-state index >= 15 is 0 Å². The van der Waals surface area contributed by atoms with Crippen LogP contribution in [-0.4, -0.2) is 60.6 Å². The van der Waals surface area contributed by atoms with Crippen molar-refractivity contribution in [1.29, 1.82) is 0 Å². The number of rotatable bonds is 18. The van der Waals surface area contributed by atoms with E-state index in [0.717, 1.165) is 135 Å². The fourth-order valence-corrected chi connectivity index (χ4v) is 6.69. The van der Waals surface area contributed by atoms with Crippen LogP contribution < -0.4 is 16.0 Å². The first-order valence-corrected chi connectivity index (χ1v) is 28.0. The van der Waals surface area contributed by atoms with Gasteiger partial charge in [0.2, 0.25) is 0 Å². The van der Waals surface area contributed by atoms with Gasteiger partial charge in [-0.1, -0.05) is 78.3 Å². The maximum atomic E-state index is 12.7. The molecule has 0 radical (unpaired) electrons. The van der Waals surface area contributed by atoms with Crippen molar-refractivity contribution < 1.29 is 30.9 Å². The molecule has 18 heteroatoms. The van der Waals surface area contributed by atoms with E-state index in [0.29, 0.717) is 12.1 Å². The molecule has 0 unspecified atom stereocenters. The summed E-state index contributed by atoms with van der Waals surface area (Å²) in [5, 5.41) is 8.86. The van der Waals surface area contributed by atoms with Crippen LogP contribution in [0.5, 0.6) is 0 Å². The first-order valence-electron chi connectivity index (χ1n) is 28.0. The number of aryl methyl sites for hydroxylation is 10. The van der Waals surface area contributed by atoms with E-state index in [1.165, 1.54) is 43.1 Å². The van der Waals surface area contributed by atoms with Gasteiger partial charge >= 0.3 is 0 Å². The van der Waals surface area contributed by atoms with Crippen molar-refractivity contribution in [2.45, 2.75) is 159 Å². The zero-order valence-corrected chi connectivity index (χ0v) is 50.6. The molecule has 0 aliphatic carbocycles. The van der Waals surface area contributed by atoms with Crippen LogP contribution in [-0.2, 0) is 65.2 Å². The zero-order chi connectivity index (χ0) is 59.7. The second-order valence-electron chi connectivity index (χ2n) is 18.1. The highest BCUT2D eigenvalue weighted by molar-refractivity contribution is 5.17. The molecule has 0 saturated heterocycles. The zero-order valence-electron chi connectivity index (χ0n) is 50.6. The molecule has 9 rings (SSSR count). The molecule has 3 N–H and O–H groups in total. The molecule has 444 valence electrons. The van der Waals surface area contributed by atoms with E-state index < -0.39 is 0 Å². The van der Waals surface area contributed by atoms with Gasteiger partial charge in [-0.2, -0.15) is 0 Å². The highest BCUT2D eigenvalue weighted by Crippen LogP contribution is 2.08. The van der Waals surface area contributed by atoms with Crippen molar-refractivity contribution in [1.82, 2.24) is 55.4 Å². The summed E-state index contributed by atoms with van der Waals surface area (Å²) in [6, 6.07) is 19.4. The van der Waals surface area contributed by atoms with Gasteiger partial charge in [-0.25, -0.2) is 43.7 Å². The van der Waals surface area contributed by atoms with Crippen LogP contribution in [0.2, 0.25) is 0 Å². The third kappa shape index (κ3) is 36.5. The smallest absolute Gasteiger partial charge is 0.194 e. The lowest BCUT2D eigenvalue weighted by molar-refractivity contribution is 0.468. The fraction of sp³-hybridized carbons (Fsp3) is 0.444. The van der Waals surface area contributed by atoms with Crippen LogP contribution in [0.1, 0.15) is 149 Å². The van der Waals surface area contributed by atoms with E-state index in [4.69, 9.17) is 22.1 Å². The van der Waals surface area contributed by atoms with Gasteiger partial charge in [0.15, 0.2) is 30.0 Å². The van der Waals surface area contributed by atoms with E-state index in [9.17, 15) is 8.78 Å².